The SMILES string of the molecule is CCCCOc1ccc(COC2CCC(C3CCC(CC)CC3)CO2)c(F)c1F. The monoisotopic (exact) mass is 410 g/mol. The third kappa shape index (κ3) is 6.14. The predicted molar refractivity (Wildman–Crippen MR) is 110 cm³/mol. The Labute approximate surface area is 174 Å². The van der Waals surface area contributed by atoms with Crippen LogP contribution in [0, 0.1) is 29.4 Å². The van der Waals surface area contributed by atoms with E-state index in [-0.39, 0.29) is 24.2 Å². The molecular formula is C24H36F2O3. The van der Waals surface area contributed by atoms with Gasteiger partial charge in [-0.3, -0.25) is 0 Å². The number of hydrogen-bond acceptors (Lipinski definition) is 3. The van der Waals surface area contributed by atoms with E-state index in [1.807, 2.05) is 6.92 Å². The van der Waals surface area contributed by atoms with Crippen LogP contribution in [0.1, 0.15) is 77.2 Å². The van der Waals surface area contributed by atoms with Gasteiger partial charge < -0.3 is 14.2 Å². The summed E-state index contributed by atoms with van der Waals surface area (Å²) < 4.78 is 45.5. The van der Waals surface area contributed by atoms with E-state index < -0.39 is 11.6 Å². The maximum atomic E-state index is 14.3. The maximum Gasteiger partial charge on any atom is 0.200 e. The largest absolute Gasteiger partial charge is 0.490 e. The van der Waals surface area contributed by atoms with E-state index in [2.05, 4.69) is 6.92 Å². The molecule has 1 aliphatic carbocycles. The first-order valence-corrected chi connectivity index (χ1v) is 11.4. The summed E-state index contributed by atoms with van der Waals surface area (Å²) in [6, 6.07) is 3.02. The molecule has 1 heterocycles. The molecule has 1 saturated heterocycles. The molecule has 3 nitrogen and oxygen atoms in total. The number of hydrogen-bond donors (Lipinski definition) is 0. The molecule has 0 radical (unpaired) electrons. The molecule has 2 unspecified atom stereocenters. The molecule has 5 heteroatoms. The number of unbranched alkanes of at least 4 members (excludes halogenated alkanes) is 1. The Morgan fingerprint density at radius 1 is 0.966 bits per heavy atom. The zero-order chi connectivity index (χ0) is 20.6. The first kappa shape index (κ1) is 22.5. The topological polar surface area (TPSA) is 27.7 Å². The van der Waals surface area contributed by atoms with Crippen LogP contribution in [0.4, 0.5) is 8.78 Å². The Kier molecular flexibility index (Phi) is 8.73. The average Bonchev–Trinajstić information content (AvgIpc) is 2.77. The summed E-state index contributed by atoms with van der Waals surface area (Å²) in [5.74, 6) is 0.432. The fourth-order valence-corrected chi connectivity index (χ4v) is 4.62. The maximum absolute atomic E-state index is 14.3. The van der Waals surface area contributed by atoms with Crippen LogP contribution in [0.5, 0.6) is 5.75 Å². The Hall–Kier alpha value is -1.20. The number of benzene rings is 1. The molecule has 0 amide bonds. The van der Waals surface area contributed by atoms with Gasteiger partial charge in [0.15, 0.2) is 17.9 Å². The second-order valence-electron chi connectivity index (χ2n) is 8.65. The van der Waals surface area contributed by atoms with Crippen molar-refractivity contribution in [2.24, 2.45) is 17.8 Å². The van der Waals surface area contributed by atoms with Crippen molar-refractivity contribution in [3.63, 3.8) is 0 Å². The Morgan fingerprint density at radius 2 is 1.72 bits per heavy atom. The molecule has 0 N–H and O–H groups in total. The van der Waals surface area contributed by atoms with Gasteiger partial charge in [-0.2, -0.15) is 4.39 Å². The molecular weight excluding hydrogens is 374 g/mol. The molecule has 2 aliphatic rings. The Balaban J connectivity index is 1.43. The zero-order valence-electron chi connectivity index (χ0n) is 17.9. The van der Waals surface area contributed by atoms with E-state index >= 15 is 0 Å². The highest BCUT2D eigenvalue weighted by Crippen LogP contribution is 2.38. The fraction of sp³-hybridized carbons (Fsp3) is 0.750. The minimum absolute atomic E-state index is 0.00886. The predicted octanol–water partition coefficient (Wildman–Crippen LogP) is 6.63. The van der Waals surface area contributed by atoms with Gasteiger partial charge in [-0.15, -0.1) is 0 Å². The van der Waals surface area contributed by atoms with Crippen LogP contribution >= 0.6 is 0 Å². The van der Waals surface area contributed by atoms with Crippen molar-refractivity contribution in [1.29, 1.82) is 0 Å². The van der Waals surface area contributed by atoms with E-state index in [1.54, 1.807) is 0 Å². The van der Waals surface area contributed by atoms with Crippen molar-refractivity contribution in [1.82, 2.24) is 0 Å². The lowest BCUT2D eigenvalue weighted by Crippen LogP contribution is -2.33. The van der Waals surface area contributed by atoms with Gasteiger partial charge in [0.05, 0.1) is 19.8 Å². The lowest BCUT2D eigenvalue weighted by atomic mass is 9.73. The fourth-order valence-electron chi connectivity index (χ4n) is 4.62. The summed E-state index contributed by atoms with van der Waals surface area (Å²) in [4.78, 5) is 0. The van der Waals surface area contributed by atoms with Gasteiger partial charge >= 0.3 is 0 Å². The standard InChI is InChI=1S/C24H36F2O3/c1-3-5-14-27-21-12-10-20(23(25)24(21)26)16-29-22-13-11-19(15-28-22)18-8-6-17(4-2)7-9-18/h10,12,17-19,22H,3-9,11,13-16H2,1-2H3. The normalized spacial score (nSPS) is 27.7. The van der Waals surface area contributed by atoms with Gasteiger partial charge in [0.1, 0.15) is 0 Å². The molecule has 0 spiro atoms. The van der Waals surface area contributed by atoms with Crippen molar-refractivity contribution in [2.45, 2.75) is 84.5 Å². The second-order valence-corrected chi connectivity index (χ2v) is 8.65. The number of halogens is 2. The highest BCUT2D eigenvalue weighted by atomic mass is 19.2. The summed E-state index contributed by atoms with van der Waals surface area (Å²) in [5.41, 5.74) is 0.203. The molecule has 0 aromatic heterocycles. The number of rotatable bonds is 9. The molecule has 3 rings (SSSR count). The summed E-state index contributed by atoms with van der Waals surface area (Å²) in [7, 11) is 0. The van der Waals surface area contributed by atoms with E-state index in [0.717, 1.165) is 37.5 Å². The first-order valence-electron chi connectivity index (χ1n) is 11.4. The Morgan fingerprint density at radius 3 is 2.38 bits per heavy atom. The minimum Gasteiger partial charge on any atom is -0.490 e. The molecule has 1 saturated carbocycles. The lowest BCUT2D eigenvalue weighted by Gasteiger charge is -2.37. The average molecular weight is 411 g/mol. The molecule has 1 aromatic rings. The van der Waals surface area contributed by atoms with Gasteiger partial charge in [0.25, 0.3) is 0 Å². The van der Waals surface area contributed by atoms with Crippen molar-refractivity contribution >= 4 is 0 Å². The van der Waals surface area contributed by atoms with Crippen molar-refractivity contribution in [3.8, 4) is 5.75 Å². The molecule has 164 valence electrons. The molecule has 1 aromatic carbocycles. The third-order valence-corrected chi connectivity index (χ3v) is 6.71. The smallest absolute Gasteiger partial charge is 0.200 e. The molecule has 1 aliphatic heterocycles. The first-order chi connectivity index (χ1) is 14.1. The van der Waals surface area contributed by atoms with E-state index in [1.165, 1.54) is 44.2 Å². The van der Waals surface area contributed by atoms with Gasteiger partial charge in [-0.1, -0.05) is 39.5 Å². The quantitative estimate of drug-likeness (QED) is 0.428. The van der Waals surface area contributed by atoms with Crippen LogP contribution in [0.2, 0.25) is 0 Å². The van der Waals surface area contributed by atoms with E-state index in [4.69, 9.17) is 14.2 Å². The van der Waals surface area contributed by atoms with Crippen LogP contribution in [0.25, 0.3) is 0 Å². The molecule has 29 heavy (non-hydrogen) atoms. The van der Waals surface area contributed by atoms with Gasteiger partial charge in [-0.05, 0) is 62.0 Å². The molecule has 2 atom stereocenters. The lowest BCUT2D eigenvalue weighted by molar-refractivity contribution is -0.188. The summed E-state index contributed by atoms with van der Waals surface area (Å²) in [5, 5.41) is 0. The third-order valence-electron chi connectivity index (χ3n) is 6.71. The summed E-state index contributed by atoms with van der Waals surface area (Å²) >= 11 is 0. The zero-order valence-corrected chi connectivity index (χ0v) is 17.9. The molecule has 0 bridgehead atoms. The van der Waals surface area contributed by atoms with Crippen molar-refractivity contribution in [3.05, 3.63) is 29.3 Å². The van der Waals surface area contributed by atoms with Crippen molar-refractivity contribution in [2.75, 3.05) is 13.2 Å². The van der Waals surface area contributed by atoms with Gasteiger partial charge in [0, 0.05) is 5.56 Å². The van der Waals surface area contributed by atoms with Crippen LogP contribution in [0.3, 0.4) is 0 Å². The summed E-state index contributed by atoms with van der Waals surface area (Å²) in [6.45, 7) is 5.42. The van der Waals surface area contributed by atoms with Crippen LogP contribution in [-0.2, 0) is 16.1 Å². The number of ether oxygens (including phenoxy) is 3. The van der Waals surface area contributed by atoms with Crippen LogP contribution in [0.15, 0.2) is 12.1 Å². The summed E-state index contributed by atoms with van der Waals surface area (Å²) in [6.07, 6.45) is 9.96. The second kappa shape index (κ2) is 11.3. The van der Waals surface area contributed by atoms with E-state index in [9.17, 15) is 8.78 Å². The molecule has 2 fully saturated rings. The van der Waals surface area contributed by atoms with Crippen LogP contribution in [-0.4, -0.2) is 19.5 Å². The van der Waals surface area contributed by atoms with Crippen molar-refractivity contribution < 1.29 is 23.0 Å². The minimum atomic E-state index is -0.936. The van der Waals surface area contributed by atoms with Gasteiger partial charge in [0.2, 0.25) is 5.82 Å². The Bertz CT molecular complexity index is 621. The highest BCUT2D eigenvalue weighted by Gasteiger charge is 2.31. The van der Waals surface area contributed by atoms with Gasteiger partial charge in [-0.25, -0.2) is 4.39 Å². The van der Waals surface area contributed by atoms with Crippen LogP contribution < -0.4 is 4.74 Å². The van der Waals surface area contributed by atoms with E-state index in [0.29, 0.717) is 19.1 Å². The highest BCUT2D eigenvalue weighted by molar-refractivity contribution is 5.30.